The fraction of sp³-hybridized carbons (Fsp3) is 0.190. The summed E-state index contributed by atoms with van der Waals surface area (Å²) in [6.45, 7) is 1.01. The van der Waals surface area contributed by atoms with Crippen LogP contribution in [0.5, 0.6) is 0 Å². The summed E-state index contributed by atoms with van der Waals surface area (Å²) in [5.41, 5.74) is 0.532. The third-order valence-electron chi connectivity index (χ3n) is 4.77. The van der Waals surface area contributed by atoms with Gasteiger partial charge in [-0.1, -0.05) is 30.3 Å². The minimum atomic E-state index is -0.752. The Morgan fingerprint density at radius 1 is 1.11 bits per heavy atom. The molecule has 3 aromatic rings. The second-order valence-corrected chi connectivity index (χ2v) is 6.53. The Kier molecular flexibility index (Phi) is 4.80. The molecule has 1 fully saturated rings. The lowest BCUT2D eigenvalue weighted by Gasteiger charge is -2.23. The molecule has 0 saturated carbocycles. The number of imidazole rings is 1. The first-order chi connectivity index (χ1) is 13.7. The maximum Gasteiger partial charge on any atom is 0.295 e. The van der Waals surface area contributed by atoms with Crippen molar-refractivity contribution < 1.29 is 19.1 Å². The van der Waals surface area contributed by atoms with Crippen LogP contribution in [0.2, 0.25) is 0 Å². The van der Waals surface area contributed by atoms with Gasteiger partial charge in [0.1, 0.15) is 17.6 Å². The number of amides is 1. The molecule has 1 N–H and O–H groups in total. The van der Waals surface area contributed by atoms with Crippen LogP contribution in [0.25, 0.3) is 5.76 Å². The van der Waals surface area contributed by atoms with E-state index in [-0.39, 0.29) is 11.3 Å². The number of nitrogens with zero attached hydrogens (tertiary/aromatic N) is 3. The summed E-state index contributed by atoms with van der Waals surface area (Å²) in [5.74, 6) is -1.09. The average molecular weight is 377 g/mol. The van der Waals surface area contributed by atoms with Gasteiger partial charge in [0.25, 0.3) is 11.7 Å². The lowest BCUT2D eigenvalue weighted by molar-refractivity contribution is -0.140. The van der Waals surface area contributed by atoms with Crippen molar-refractivity contribution in [3.63, 3.8) is 0 Å². The van der Waals surface area contributed by atoms with Crippen molar-refractivity contribution in [3.8, 4) is 0 Å². The lowest BCUT2D eigenvalue weighted by atomic mass is 9.99. The van der Waals surface area contributed by atoms with Crippen molar-refractivity contribution in [2.45, 2.75) is 19.0 Å². The molecule has 1 atom stereocenters. The summed E-state index contributed by atoms with van der Waals surface area (Å²) in [4.78, 5) is 30.9. The first-order valence-electron chi connectivity index (χ1n) is 9.00. The van der Waals surface area contributed by atoms with Gasteiger partial charge in [0, 0.05) is 31.0 Å². The molecule has 2 aromatic heterocycles. The van der Waals surface area contributed by atoms with Gasteiger partial charge >= 0.3 is 0 Å². The number of aliphatic hydroxyl groups is 1. The number of hydrogen-bond acceptors (Lipinski definition) is 5. The number of aliphatic hydroxyl groups excluding tert-OH is 1. The predicted octanol–water partition coefficient (Wildman–Crippen LogP) is 2.99. The van der Waals surface area contributed by atoms with Crippen molar-refractivity contribution >= 4 is 17.4 Å². The van der Waals surface area contributed by atoms with E-state index in [9.17, 15) is 14.7 Å². The number of ketones is 1. The molecule has 4 rings (SSSR count). The SMILES string of the molecule is O=C1C(=O)N(CCCn2ccnc2)[C@@H](c2ccco2)C1=C(O)c1ccccc1. The summed E-state index contributed by atoms with van der Waals surface area (Å²) in [5, 5.41) is 10.8. The van der Waals surface area contributed by atoms with Gasteiger partial charge in [-0.3, -0.25) is 9.59 Å². The Morgan fingerprint density at radius 3 is 2.61 bits per heavy atom. The molecule has 0 radical (unpaired) electrons. The van der Waals surface area contributed by atoms with Gasteiger partial charge < -0.3 is 19.0 Å². The molecule has 1 amide bonds. The fourth-order valence-corrected chi connectivity index (χ4v) is 3.45. The van der Waals surface area contributed by atoms with E-state index < -0.39 is 17.7 Å². The van der Waals surface area contributed by atoms with Gasteiger partial charge in [0.2, 0.25) is 0 Å². The van der Waals surface area contributed by atoms with Crippen LogP contribution in [0, 0.1) is 0 Å². The fourth-order valence-electron chi connectivity index (χ4n) is 3.45. The molecule has 1 aliphatic heterocycles. The average Bonchev–Trinajstić information content (AvgIpc) is 3.46. The summed E-state index contributed by atoms with van der Waals surface area (Å²) in [6.07, 6.45) is 7.35. The van der Waals surface area contributed by atoms with Gasteiger partial charge in [-0.15, -0.1) is 0 Å². The molecular weight excluding hydrogens is 358 g/mol. The first kappa shape index (κ1) is 17.8. The molecule has 3 heterocycles. The third-order valence-corrected chi connectivity index (χ3v) is 4.77. The van der Waals surface area contributed by atoms with Crippen LogP contribution in [0.1, 0.15) is 23.8 Å². The van der Waals surface area contributed by atoms with E-state index in [1.165, 1.54) is 11.2 Å². The van der Waals surface area contributed by atoms with Crippen LogP contribution in [0.15, 0.2) is 77.4 Å². The van der Waals surface area contributed by atoms with Gasteiger partial charge in [-0.25, -0.2) is 4.98 Å². The van der Waals surface area contributed by atoms with E-state index in [0.29, 0.717) is 30.8 Å². The first-order valence-corrected chi connectivity index (χ1v) is 9.00. The molecule has 1 aromatic carbocycles. The molecule has 1 aliphatic rings. The minimum absolute atomic E-state index is 0.0498. The standard InChI is InChI=1S/C21H19N3O4/c25-19(15-6-2-1-3-7-15)17-18(16-8-4-13-28-16)24(21(27)20(17)26)11-5-10-23-12-9-22-14-23/h1-4,6-9,12-14,18,25H,5,10-11H2/t18-/m0/s1. The van der Waals surface area contributed by atoms with Crippen molar-refractivity contribution in [2.75, 3.05) is 6.54 Å². The topological polar surface area (TPSA) is 88.6 Å². The highest BCUT2D eigenvalue weighted by atomic mass is 16.3. The number of benzene rings is 1. The predicted molar refractivity (Wildman–Crippen MR) is 101 cm³/mol. The molecule has 0 aliphatic carbocycles. The van der Waals surface area contributed by atoms with Gasteiger partial charge in [-0.2, -0.15) is 0 Å². The zero-order valence-corrected chi connectivity index (χ0v) is 15.1. The molecule has 28 heavy (non-hydrogen) atoms. The van der Waals surface area contributed by atoms with Gasteiger partial charge in [0.05, 0.1) is 18.2 Å². The molecule has 7 heteroatoms. The van der Waals surface area contributed by atoms with Crippen LogP contribution in [-0.4, -0.2) is 37.8 Å². The minimum Gasteiger partial charge on any atom is -0.507 e. The van der Waals surface area contributed by atoms with E-state index in [0.717, 1.165) is 0 Å². The van der Waals surface area contributed by atoms with Gasteiger partial charge in [-0.05, 0) is 18.6 Å². The summed E-state index contributed by atoms with van der Waals surface area (Å²) in [7, 11) is 0. The summed E-state index contributed by atoms with van der Waals surface area (Å²) >= 11 is 0. The molecule has 7 nitrogen and oxygen atoms in total. The third kappa shape index (κ3) is 3.22. The van der Waals surface area contributed by atoms with E-state index in [4.69, 9.17) is 4.42 Å². The number of aromatic nitrogens is 2. The number of aryl methyl sites for hydroxylation is 1. The van der Waals surface area contributed by atoms with E-state index >= 15 is 0 Å². The van der Waals surface area contributed by atoms with Crippen molar-refractivity contribution in [2.24, 2.45) is 0 Å². The van der Waals surface area contributed by atoms with Crippen molar-refractivity contribution in [1.29, 1.82) is 0 Å². The van der Waals surface area contributed by atoms with E-state index in [1.54, 1.807) is 48.9 Å². The lowest BCUT2D eigenvalue weighted by Crippen LogP contribution is -2.31. The zero-order chi connectivity index (χ0) is 19.5. The second-order valence-electron chi connectivity index (χ2n) is 6.53. The number of hydrogen-bond donors (Lipinski definition) is 1. The van der Waals surface area contributed by atoms with Crippen LogP contribution in [0.4, 0.5) is 0 Å². The summed E-state index contributed by atoms with van der Waals surface area (Å²) in [6, 6.07) is 11.4. The highest BCUT2D eigenvalue weighted by molar-refractivity contribution is 6.46. The van der Waals surface area contributed by atoms with Crippen molar-refractivity contribution in [3.05, 3.63) is 84.3 Å². The molecule has 0 spiro atoms. The normalized spacial score (nSPS) is 18.7. The Morgan fingerprint density at radius 2 is 1.93 bits per heavy atom. The van der Waals surface area contributed by atoms with Crippen LogP contribution in [0.3, 0.4) is 0 Å². The zero-order valence-electron chi connectivity index (χ0n) is 15.1. The maximum atomic E-state index is 12.8. The largest absolute Gasteiger partial charge is 0.507 e. The number of carbonyl (C=O) groups is 2. The maximum absolute atomic E-state index is 12.8. The quantitative estimate of drug-likeness (QED) is 0.405. The molecule has 142 valence electrons. The number of carbonyl (C=O) groups excluding carboxylic acids is 2. The van der Waals surface area contributed by atoms with E-state index in [1.807, 2.05) is 16.8 Å². The Labute approximate surface area is 161 Å². The number of furan rings is 1. The van der Waals surface area contributed by atoms with Crippen LogP contribution >= 0.6 is 0 Å². The molecule has 0 bridgehead atoms. The highest BCUT2D eigenvalue weighted by Crippen LogP contribution is 2.39. The van der Waals surface area contributed by atoms with Crippen LogP contribution < -0.4 is 0 Å². The Hall–Kier alpha value is -3.61. The Bertz CT molecular complexity index is 992. The monoisotopic (exact) mass is 377 g/mol. The molecule has 0 unspecified atom stereocenters. The van der Waals surface area contributed by atoms with Crippen molar-refractivity contribution in [1.82, 2.24) is 14.5 Å². The second kappa shape index (κ2) is 7.56. The van der Waals surface area contributed by atoms with E-state index in [2.05, 4.69) is 4.98 Å². The van der Waals surface area contributed by atoms with Crippen LogP contribution in [-0.2, 0) is 16.1 Å². The number of rotatable bonds is 6. The Balaban J connectivity index is 1.68. The highest BCUT2D eigenvalue weighted by Gasteiger charge is 2.47. The van der Waals surface area contributed by atoms with Gasteiger partial charge in [0.15, 0.2) is 0 Å². The summed E-state index contributed by atoms with van der Waals surface area (Å²) < 4.78 is 7.41. The molecule has 1 saturated heterocycles. The smallest absolute Gasteiger partial charge is 0.295 e. The molecular formula is C21H19N3O4. The number of likely N-dealkylation sites (tertiary alicyclic amines) is 1. The number of Topliss-reactive ketones (excluding diaryl/α,β-unsaturated/α-hetero) is 1.